The van der Waals surface area contributed by atoms with Crippen LogP contribution >= 0.6 is 12.4 Å². The molecule has 3 N–H and O–H groups in total. The number of aryl methyl sites for hydroxylation is 1. The Hall–Kier alpha value is -1.06. The van der Waals surface area contributed by atoms with Gasteiger partial charge in [0.05, 0.1) is 6.04 Å². The summed E-state index contributed by atoms with van der Waals surface area (Å²) in [6.45, 7) is 5.25. The highest BCUT2D eigenvalue weighted by Gasteiger charge is 2.14. The molecule has 0 heterocycles. The lowest BCUT2D eigenvalue weighted by Gasteiger charge is -2.12. The molecule has 2 nitrogen and oxygen atoms in total. The monoisotopic (exact) mass is 217 g/mol. The van der Waals surface area contributed by atoms with Gasteiger partial charge in [0.25, 0.3) is 0 Å². The summed E-state index contributed by atoms with van der Waals surface area (Å²) >= 11 is 0. The highest BCUT2D eigenvalue weighted by Crippen LogP contribution is 2.29. The summed E-state index contributed by atoms with van der Waals surface area (Å²) in [6.07, 6.45) is 1.46. The van der Waals surface area contributed by atoms with E-state index in [9.17, 15) is 9.50 Å². The number of nitrogens with two attached hydrogens (primary N) is 1. The van der Waals surface area contributed by atoms with Crippen molar-refractivity contribution in [3.63, 3.8) is 0 Å². The van der Waals surface area contributed by atoms with Crippen LogP contribution in [0.1, 0.15) is 17.2 Å². The van der Waals surface area contributed by atoms with Crippen molar-refractivity contribution in [2.24, 2.45) is 5.73 Å². The molecule has 1 aromatic rings. The number of benzene rings is 1. The summed E-state index contributed by atoms with van der Waals surface area (Å²) in [5, 5.41) is 9.38. The highest BCUT2D eigenvalue weighted by molar-refractivity contribution is 5.85. The van der Waals surface area contributed by atoms with Gasteiger partial charge in [0, 0.05) is 5.56 Å². The Morgan fingerprint density at radius 1 is 1.57 bits per heavy atom. The standard InChI is InChI=1S/C10H12FNO.ClH/c1-3-8(12)9-6(2)4-5-7(11)10(9)13;/h3-5,8,13H,1,12H2,2H3;1H/t8-;/m0./s1. The van der Waals surface area contributed by atoms with Gasteiger partial charge in [-0.15, -0.1) is 19.0 Å². The maximum Gasteiger partial charge on any atom is 0.165 e. The van der Waals surface area contributed by atoms with E-state index in [1.54, 1.807) is 13.0 Å². The fourth-order valence-corrected chi connectivity index (χ4v) is 1.22. The molecule has 14 heavy (non-hydrogen) atoms. The predicted octanol–water partition coefficient (Wildman–Crippen LogP) is 2.45. The summed E-state index contributed by atoms with van der Waals surface area (Å²) in [5.74, 6) is -1.04. The largest absolute Gasteiger partial charge is 0.505 e. The summed E-state index contributed by atoms with van der Waals surface area (Å²) in [6, 6.07) is 2.26. The second-order valence-corrected chi connectivity index (χ2v) is 2.89. The molecule has 0 aliphatic rings. The smallest absolute Gasteiger partial charge is 0.165 e. The molecule has 0 aliphatic carbocycles. The SMILES string of the molecule is C=C[C@H](N)c1c(C)ccc(F)c1O.Cl. The minimum atomic E-state index is -0.655. The van der Waals surface area contributed by atoms with Crippen LogP contribution in [0.3, 0.4) is 0 Å². The maximum absolute atomic E-state index is 12.9. The van der Waals surface area contributed by atoms with Gasteiger partial charge < -0.3 is 10.8 Å². The Morgan fingerprint density at radius 3 is 2.64 bits per heavy atom. The van der Waals surface area contributed by atoms with Crippen LogP contribution in [0.2, 0.25) is 0 Å². The number of halogens is 2. The quantitative estimate of drug-likeness (QED) is 0.748. The molecule has 0 aromatic heterocycles. The predicted molar refractivity (Wildman–Crippen MR) is 57.2 cm³/mol. The maximum atomic E-state index is 12.9. The van der Waals surface area contributed by atoms with Crippen LogP contribution in [0.5, 0.6) is 5.75 Å². The molecule has 1 atom stereocenters. The zero-order valence-electron chi connectivity index (χ0n) is 7.83. The van der Waals surface area contributed by atoms with Crippen LogP contribution in [0, 0.1) is 12.7 Å². The van der Waals surface area contributed by atoms with E-state index in [1.807, 2.05) is 0 Å². The Labute approximate surface area is 88.7 Å². The molecule has 0 saturated heterocycles. The number of hydrogen-bond donors (Lipinski definition) is 2. The van der Waals surface area contributed by atoms with Crippen molar-refractivity contribution in [1.29, 1.82) is 0 Å². The van der Waals surface area contributed by atoms with Crippen LogP contribution in [0.15, 0.2) is 24.8 Å². The lowest BCUT2D eigenvalue weighted by molar-refractivity contribution is 0.423. The van der Waals surface area contributed by atoms with Crippen LogP contribution in [0.4, 0.5) is 4.39 Å². The van der Waals surface area contributed by atoms with Gasteiger partial charge in [0.1, 0.15) is 0 Å². The van der Waals surface area contributed by atoms with Gasteiger partial charge in [-0.2, -0.15) is 0 Å². The molecular formula is C10H13ClFNO. The molecular weight excluding hydrogens is 205 g/mol. The Bertz CT molecular complexity index is 341. The number of phenols is 1. The molecule has 0 aliphatic heterocycles. The van der Waals surface area contributed by atoms with Gasteiger partial charge in [-0.3, -0.25) is 0 Å². The lowest BCUT2D eigenvalue weighted by atomic mass is 10.0. The number of hydrogen-bond acceptors (Lipinski definition) is 2. The van der Waals surface area contributed by atoms with Gasteiger partial charge in [-0.25, -0.2) is 4.39 Å². The van der Waals surface area contributed by atoms with E-state index in [0.29, 0.717) is 5.56 Å². The summed E-state index contributed by atoms with van der Waals surface area (Å²) in [7, 11) is 0. The van der Waals surface area contributed by atoms with Crippen molar-refractivity contribution < 1.29 is 9.50 Å². The van der Waals surface area contributed by atoms with Gasteiger partial charge in [-0.05, 0) is 18.6 Å². The summed E-state index contributed by atoms with van der Waals surface area (Å²) in [4.78, 5) is 0. The fourth-order valence-electron chi connectivity index (χ4n) is 1.22. The molecule has 0 bridgehead atoms. The third-order valence-electron chi connectivity index (χ3n) is 1.97. The number of phenolic OH excluding ortho intramolecular Hbond substituents is 1. The van der Waals surface area contributed by atoms with Gasteiger partial charge in [-0.1, -0.05) is 12.1 Å². The topological polar surface area (TPSA) is 46.2 Å². The first-order valence-electron chi connectivity index (χ1n) is 3.94. The molecule has 1 aromatic carbocycles. The zero-order valence-corrected chi connectivity index (χ0v) is 8.64. The highest BCUT2D eigenvalue weighted by atomic mass is 35.5. The van der Waals surface area contributed by atoms with Crippen molar-refractivity contribution >= 4 is 12.4 Å². The second kappa shape index (κ2) is 4.98. The second-order valence-electron chi connectivity index (χ2n) is 2.89. The van der Waals surface area contributed by atoms with Gasteiger partial charge in [0.2, 0.25) is 0 Å². The van der Waals surface area contributed by atoms with Crippen LogP contribution in [-0.2, 0) is 0 Å². The Kier molecular flexibility index (Phi) is 4.60. The fraction of sp³-hybridized carbons (Fsp3) is 0.200. The zero-order chi connectivity index (χ0) is 10.0. The summed E-state index contributed by atoms with van der Waals surface area (Å²) < 4.78 is 12.9. The molecule has 0 spiro atoms. The van der Waals surface area contributed by atoms with Crippen LogP contribution < -0.4 is 5.73 Å². The van der Waals surface area contributed by atoms with Crippen molar-refractivity contribution in [1.82, 2.24) is 0 Å². The molecule has 0 fully saturated rings. The average molecular weight is 218 g/mol. The molecule has 0 amide bonds. The first-order valence-corrected chi connectivity index (χ1v) is 3.94. The minimum absolute atomic E-state index is 0. The molecule has 0 unspecified atom stereocenters. The van der Waals surface area contributed by atoms with Crippen molar-refractivity contribution in [3.8, 4) is 5.75 Å². The molecule has 78 valence electrons. The van der Waals surface area contributed by atoms with E-state index in [4.69, 9.17) is 5.73 Å². The first-order chi connectivity index (χ1) is 6.07. The van der Waals surface area contributed by atoms with Crippen molar-refractivity contribution in [3.05, 3.63) is 41.7 Å². The molecule has 0 radical (unpaired) electrons. The number of aromatic hydroxyl groups is 1. The van der Waals surface area contributed by atoms with Gasteiger partial charge >= 0.3 is 0 Å². The van der Waals surface area contributed by atoms with Crippen molar-refractivity contribution in [2.75, 3.05) is 0 Å². The first kappa shape index (κ1) is 12.9. The number of rotatable bonds is 2. The van der Waals surface area contributed by atoms with E-state index in [0.717, 1.165) is 5.56 Å². The van der Waals surface area contributed by atoms with E-state index >= 15 is 0 Å². The minimum Gasteiger partial charge on any atom is -0.505 e. The van der Waals surface area contributed by atoms with Crippen molar-refractivity contribution in [2.45, 2.75) is 13.0 Å². The molecule has 4 heteroatoms. The Morgan fingerprint density at radius 2 is 2.14 bits per heavy atom. The summed E-state index contributed by atoms with van der Waals surface area (Å²) in [5.41, 5.74) is 6.77. The Balaban J connectivity index is 0.00000169. The normalized spacial score (nSPS) is 11.6. The lowest BCUT2D eigenvalue weighted by Crippen LogP contribution is -2.09. The molecule has 1 rings (SSSR count). The van der Waals surface area contributed by atoms with E-state index in [2.05, 4.69) is 6.58 Å². The molecule has 0 saturated carbocycles. The van der Waals surface area contributed by atoms with Crippen LogP contribution in [0.25, 0.3) is 0 Å². The van der Waals surface area contributed by atoms with E-state index < -0.39 is 11.9 Å². The average Bonchev–Trinajstić information content (AvgIpc) is 2.12. The van der Waals surface area contributed by atoms with E-state index in [1.165, 1.54) is 12.1 Å². The third kappa shape index (κ3) is 2.25. The van der Waals surface area contributed by atoms with Crippen LogP contribution in [-0.4, -0.2) is 5.11 Å². The third-order valence-corrected chi connectivity index (χ3v) is 1.97. The van der Waals surface area contributed by atoms with Gasteiger partial charge in [0.15, 0.2) is 11.6 Å². The van der Waals surface area contributed by atoms with E-state index in [-0.39, 0.29) is 18.2 Å².